The molecule has 0 bridgehead atoms. The van der Waals surface area contributed by atoms with Gasteiger partial charge in [0, 0.05) is 36.8 Å². The Kier molecular flexibility index (Phi) is 3.04. The Labute approximate surface area is 132 Å². The zero-order valence-corrected chi connectivity index (χ0v) is 12.7. The third kappa shape index (κ3) is 2.22. The first-order chi connectivity index (χ1) is 11.3. The van der Waals surface area contributed by atoms with Gasteiger partial charge < -0.3 is 4.74 Å². The van der Waals surface area contributed by atoms with Crippen molar-refractivity contribution >= 4 is 10.9 Å². The van der Waals surface area contributed by atoms with Crippen LogP contribution in [-0.4, -0.2) is 37.1 Å². The minimum absolute atomic E-state index is 0.547. The molecular weight excluding hydrogens is 292 g/mol. The van der Waals surface area contributed by atoms with Crippen LogP contribution in [0.5, 0.6) is 5.88 Å². The quantitative estimate of drug-likeness (QED) is 0.628. The van der Waals surface area contributed by atoms with Crippen LogP contribution in [0.4, 0.5) is 0 Å². The average molecular weight is 306 g/mol. The summed E-state index contributed by atoms with van der Waals surface area (Å²) in [5.74, 6) is 0.547. The Morgan fingerprint density at radius 3 is 2.78 bits per heavy atom. The number of aryl methyl sites for hydroxylation is 1. The first-order valence-corrected chi connectivity index (χ1v) is 7.09. The van der Waals surface area contributed by atoms with Crippen molar-refractivity contribution in [2.75, 3.05) is 7.11 Å². The summed E-state index contributed by atoms with van der Waals surface area (Å²) in [6.07, 6.45) is 7.17. The molecule has 0 spiro atoms. The van der Waals surface area contributed by atoms with Gasteiger partial charge in [0.25, 0.3) is 0 Å². The van der Waals surface area contributed by atoms with Crippen LogP contribution >= 0.6 is 0 Å². The van der Waals surface area contributed by atoms with E-state index >= 15 is 0 Å². The van der Waals surface area contributed by atoms with Gasteiger partial charge >= 0.3 is 0 Å². The Hall–Kier alpha value is -3.22. The normalized spacial score (nSPS) is 11.0. The lowest BCUT2D eigenvalue weighted by molar-refractivity contribution is 0.403. The molecule has 0 fully saturated rings. The first-order valence-electron chi connectivity index (χ1n) is 7.09. The number of nitrogens with zero attached hydrogens (tertiary/aromatic N) is 5. The fourth-order valence-corrected chi connectivity index (χ4v) is 2.59. The molecule has 0 aliphatic rings. The lowest BCUT2D eigenvalue weighted by atomic mass is 10.1. The maximum Gasteiger partial charge on any atom is 0.224 e. The first kappa shape index (κ1) is 13.4. The molecule has 0 radical (unpaired) electrons. The molecule has 1 N–H and O–H groups in total. The molecule has 4 aromatic rings. The van der Waals surface area contributed by atoms with E-state index in [0.29, 0.717) is 5.88 Å². The predicted molar refractivity (Wildman–Crippen MR) is 85.9 cm³/mol. The molecule has 7 nitrogen and oxygen atoms in total. The Balaban J connectivity index is 1.88. The van der Waals surface area contributed by atoms with Gasteiger partial charge in [-0.1, -0.05) is 0 Å². The van der Waals surface area contributed by atoms with Gasteiger partial charge in [-0.2, -0.15) is 10.2 Å². The number of pyridine rings is 2. The third-order valence-corrected chi connectivity index (χ3v) is 3.67. The van der Waals surface area contributed by atoms with Crippen molar-refractivity contribution in [1.82, 2.24) is 29.9 Å². The number of hydrogen-bond acceptors (Lipinski definition) is 5. The van der Waals surface area contributed by atoms with E-state index < -0.39 is 0 Å². The molecular formula is C16H14N6O. The number of hydrogen-bond donors (Lipinski definition) is 1. The van der Waals surface area contributed by atoms with Crippen molar-refractivity contribution in [3.05, 3.63) is 43.0 Å². The minimum Gasteiger partial charge on any atom is -0.480 e. The van der Waals surface area contributed by atoms with Gasteiger partial charge in [0.1, 0.15) is 5.69 Å². The standard InChI is InChI=1S/C16H14N6O/c1-22-9-11(8-19-22)13-7-10(3-5-17-13)15-14-12(20-21-15)4-6-18-16(14)23-2/h3-9H,1-2H3,(H,20,21). The largest absolute Gasteiger partial charge is 0.480 e. The second-order valence-electron chi connectivity index (χ2n) is 5.15. The van der Waals surface area contributed by atoms with Gasteiger partial charge in [-0.3, -0.25) is 14.8 Å². The van der Waals surface area contributed by atoms with Gasteiger partial charge in [0.15, 0.2) is 0 Å². The molecule has 0 saturated carbocycles. The van der Waals surface area contributed by atoms with Gasteiger partial charge in [-0.25, -0.2) is 4.98 Å². The number of methoxy groups -OCH3 is 1. The number of ether oxygens (including phenoxy) is 1. The van der Waals surface area contributed by atoms with Crippen LogP contribution in [0.15, 0.2) is 43.0 Å². The molecule has 4 heterocycles. The van der Waals surface area contributed by atoms with Crippen LogP contribution in [0.25, 0.3) is 33.4 Å². The van der Waals surface area contributed by atoms with E-state index in [0.717, 1.165) is 33.4 Å². The fourth-order valence-electron chi connectivity index (χ4n) is 2.59. The number of aromatic nitrogens is 6. The molecule has 0 aliphatic heterocycles. The molecule has 0 saturated heterocycles. The molecule has 4 rings (SSSR count). The van der Waals surface area contributed by atoms with Crippen LogP contribution in [0.3, 0.4) is 0 Å². The van der Waals surface area contributed by atoms with Crippen LogP contribution in [0.2, 0.25) is 0 Å². The van der Waals surface area contributed by atoms with Crippen LogP contribution < -0.4 is 4.74 Å². The highest BCUT2D eigenvalue weighted by Crippen LogP contribution is 2.32. The van der Waals surface area contributed by atoms with Gasteiger partial charge in [0.2, 0.25) is 5.88 Å². The topological polar surface area (TPSA) is 81.5 Å². The summed E-state index contributed by atoms with van der Waals surface area (Å²) in [5.41, 5.74) is 4.41. The summed E-state index contributed by atoms with van der Waals surface area (Å²) in [6, 6.07) is 5.78. The summed E-state index contributed by atoms with van der Waals surface area (Å²) in [5, 5.41) is 12.5. The Morgan fingerprint density at radius 1 is 1.13 bits per heavy atom. The van der Waals surface area contributed by atoms with Gasteiger partial charge in [0.05, 0.1) is 29.9 Å². The molecule has 0 aliphatic carbocycles. The molecule has 4 aromatic heterocycles. The fraction of sp³-hybridized carbons (Fsp3) is 0.125. The minimum atomic E-state index is 0.547. The molecule has 114 valence electrons. The highest BCUT2D eigenvalue weighted by Gasteiger charge is 2.15. The lowest BCUT2D eigenvalue weighted by Crippen LogP contribution is -1.89. The lowest BCUT2D eigenvalue weighted by Gasteiger charge is -2.04. The number of nitrogens with one attached hydrogen (secondary N) is 1. The van der Waals surface area contributed by atoms with Crippen LogP contribution in [0, 0.1) is 0 Å². The summed E-state index contributed by atoms with van der Waals surface area (Å²) in [4.78, 5) is 8.67. The highest BCUT2D eigenvalue weighted by molar-refractivity contribution is 5.96. The Morgan fingerprint density at radius 2 is 2.00 bits per heavy atom. The second kappa shape index (κ2) is 5.20. The van der Waals surface area contributed by atoms with Crippen molar-refractivity contribution in [2.45, 2.75) is 0 Å². The van der Waals surface area contributed by atoms with Crippen molar-refractivity contribution in [2.24, 2.45) is 7.05 Å². The van der Waals surface area contributed by atoms with Crippen LogP contribution in [-0.2, 0) is 7.05 Å². The van der Waals surface area contributed by atoms with E-state index in [9.17, 15) is 0 Å². The highest BCUT2D eigenvalue weighted by atomic mass is 16.5. The van der Waals surface area contributed by atoms with E-state index in [-0.39, 0.29) is 0 Å². The SMILES string of the molecule is COc1nccc2[nH]nc(-c3ccnc(-c4cnn(C)c4)c3)c12. The van der Waals surface area contributed by atoms with Crippen molar-refractivity contribution in [1.29, 1.82) is 0 Å². The van der Waals surface area contributed by atoms with Gasteiger partial charge in [-0.15, -0.1) is 0 Å². The summed E-state index contributed by atoms with van der Waals surface area (Å²) >= 11 is 0. The van der Waals surface area contributed by atoms with Crippen molar-refractivity contribution in [3.63, 3.8) is 0 Å². The summed E-state index contributed by atoms with van der Waals surface area (Å²) in [6.45, 7) is 0. The van der Waals surface area contributed by atoms with Crippen molar-refractivity contribution in [3.8, 4) is 28.4 Å². The van der Waals surface area contributed by atoms with Crippen LogP contribution in [0.1, 0.15) is 0 Å². The maximum absolute atomic E-state index is 5.37. The van der Waals surface area contributed by atoms with Gasteiger partial charge in [-0.05, 0) is 18.2 Å². The number of H-pyrrole nitrogens is 1. The Bertz CT molecular complexity index is 987. The number of rotatable bonds is 3. The third-order valence-electron chi connectivity index (χ3n) is 3.67. The molecule has 7 heteroatoms. The zero-order chi connectivity index (χ0) is 15.8. The molecule has 23 heavy (non-hydrogen) atoms. The molecule has 0 unspecified atom stereocenters. The average Bonchev–Trinajstić information content (AvgIpc) is 3.21. The predicted octanol–water partition coefficient (Wildman–Crippen LogP) is 2.43. The van der Waals surface area contributed by atoms with E-state index in [2.05, 4.69) is 25.3 Å². The summed E-state index contributed by atoms with van der Waals surface area (Å²) < 4.78 is 7.12. The zero-order valence-electron chi connectivity index (χ0n) is 12.7. The second-order valence-corrected chi connectivity index (χ2v) is 5.15. The number of fused-ring (bicyclic) bond motifs is 1. The smallest absolute Gasteiger partial charge is 0.224 e. The van der Waals surface area contributed by atoms with E-state index in [1.165, 1.54) is 0 Å². The van der Waals surface area contributed by atoms with E-state index in [4.69, 9.17) is 4.74 Å². The van der Waals surface area contributed by atoms with Crippen molar-refractivity contribution < 1.29 is 4.74 Å². The van der Waals surface area contributed by atoms with E-state index in [1.807, 2.05) is 31.4 Å². The maximum atomic E-state index is 5.37. The molecule has 0 amide bonds. The molecule has 0 aromatic carbocycles. The van der Waals surface area contributed by atoms with E-state index in [1.54, 1.807) is 30.4 Å². The number of aromatic amines is 1. The monoisotopic (exact) mass is 306 g/mol. The summed E-state index contributed by atoms with van der Waals surface area (Å²) in [7, 11) is 3.48. The molecule has 0 atom stereocenters.